The molecule has 5 rings (SSSR count). The minimum absolute atomic E-state index is 0.0669. The van der Waals surface area contributed by atoms with E-state index in [1.807, 2.05) is 29.0 Å². The summed E-state index contributed by atoms with van der Waals surface area (Å²) >= 11 is 6.37. The summed E-state index contributed by atoms with van der Waals surface area (Å²) in [7, 11) is 1.41. The third kappa shape index (κ3) is 5.08. The van der Waals surface area contributed by atoms with Gasteiger partial charge in [-0.05, 0) is 55.2 Å². The Morgan fingerprint density at radius 2 is 1.89 bits per heavy atom. The van der Waals surface area contributed by atoms with Gasteiger partial charge in [-0.15, -0.1) is 0 Å². The van der Waals surface area contributed by atoms with E-state index in [4.69, 9.17) is 26.2 Å². The van der Waals surface area contributed by atoms with E-state index in [0.717, 1.165) is 11.4 Å². The molecule has 3 aromatic rings. The van der Waals surface area contributed by atoms with Crippen molar-refractivity contribution in [3.8, 4) is 11.4 Å². The second-order valence-corrected chi connectivity index (χ2v) is 9.94. The van der Waals surface area contributed by atoms with Gasteiger partial charge in [0.15, 0.2) is 11.6 Å². The standard InChI is InChI=1S/C28H28ClFN2O5/c1-36-23-6-2-4-19(27(23)30)28-20-15-18(29)7-8-21(20)32-11-3-5-22(32)24(37-28)16-25(33)31-12-9-17(10-13-31)14-26(34)35/h2-8,11,15,17,24,28H,9-10,12-14,16H2,1H3,(H,34,35)/t24-,28-/m0/s1. The van der Waals surface area contributed by atoms with Gasteiger partial charge in [0.05, 0.1) is 24.9 Å². The Balaban J connectivity index is 1.47. The number of likely N-dealkylation sites (tertiary alicyclic amines) is 1. The van der Waals surface area contributed by atoms with Gasteiger partial charge in [0.25, 0.3) is 0 Å². The molecular weight excluding hydrogens is 499 g/mol. The number of aliphatic carboxylic acids is 1. The zero-order valence-electron chi connectivity index (χ0n) is 20.4. The molecule has 7 nitrogen and oxygen atoms in total. The molecular formula is C28H28ClFN2O5. The molecule has 2 aliphatic rings. The van der Waals surface area contributed by atoms with Gasteiger partial charge >= 0.3 is 5.97 Å². The lowest BCUT2D eigenvalue weighted by atomic mass is 9.93. The number of aromatic nitrogens is 1. The first kappa shape index (κ1) is 25.3. The van der Waals surface area contributed by atoms with Gasteiger partial charge in [0.1, 0.15) is 12.2 Å². The predicted molar refractivity (Wildman–Crippen MR) is 136 cm³/mol. The smallest absolute Gasteiger partial charge is 0.303 e. The van der Waals surface area contributed by atoms with Crippen molar-refractivity contribution in [2.75, 3.05) is 20.2 Å². The summed E-state index contributed by atoms with van der Waals surface area (Å²) in [5.41, 5.74) is 2.55. The monoisotopic (exact) mass is 526 g/mol. The molecule has 2 aliphatic heterocycles. The van der Waals surface area contributed by atoms with E-state index in [-0.39, 0.29) is 30.4 Å². The topological polar surface area (TPSA) is 81.0 Å². The number of carboxylic acids is 1. The molecule has 0 bridgehead atoms. The lowest BCUT2D eigenvalue weighted by Crippen LogP contribution is -2.39. The molecule has 0 radical (unpaired) electrons. The molecule has 2 aromatic carbocycles. The van der Waals surface area contributed by atoms with Crippen LogP contribution in [0.15, 0.2) is 54.7 Å². The molecule has 3 heterocycles. The average Bonchev–Trinajstić information content (AvgIpc) is 3.32. The fourth-order valence-electron chi connectivity index (χ4n) is 5.34. The normalized spacial score (nSPS) is 19.6. The molecule has 0 spiro atoms. The summed E-state index contributed by atoms with van der Waals surface area (Å²) < 4.78 is 29.2. The van der Waals surface area contributed by atoms with Crippen molar-refractivity contribution in [1.29, 1.82) is 0 Å². The first-order chi connectivity index (χ1) is 17.9. The molecule has 1 saturated heterocycles. The third-order valence-corrected chi connectivity index (χ3v) is 7.46. The Hall–Kier alpha value is -3.36. The molecule has 0 saturated carbocycles. The second kappa shape index (κ2) is 10.6. The van der Waals surface area contributed by atoms with E-state index in [1.54, 1.807) is 35.2 Å². The molecule has 0 unspecified atom stereocenters. The largest absolute Gasteiger partial charge is 0.494 e. The average molecular weight is 527 g/mol. The van der Waals surface area contributed by atoms with Crippen molar-refractivity contribution < 1.29 is 28.6 Å². The van der Waals surface area contributed by atoms with Gasteiger partial charge in [-0.25, -0.2) is 4.39 Å². The van der Waals surface area contributed by atoms with Gasteiger partial charge in [-0.1, -0.05) is 23.7 Å². The number of halogens is 2. The first-order valence-corrected chi connectivity index (χ1v) is 12.7. The minimum atomic E-state index is -0.831. The fourth-order valence-corrected chi connectivity index (χ4v) is 5.52. The molecule has 0 aliphatic carbocycles. The highest BCUT2D eigenvalue weighted by Crippen LogP contribution is 2.43. The number of ether oxygens (including phenoxy) is 2. The number of rotatable bonds is 6. The third-order valence-electron chi connectivity index (χ3n) is 7.23. The minimum Gasteiger partial charge on any atom is -0.494 e. The second-order valence-electron chi connectivity index (χ2n) is 9.50. The summed E-state index contributed by atoms with van der Waals surface area (Å²) in [4.78, 5) is 26.2. The van der Waals surface area contributed by atoms with Crippen LogP contribution in [-0.4, -0.2) is 46.6 Å². The van der Waals surface area contributed by atoms with Gasteiger partial charge in [0, 0.05) is 41.9 Å². The van der Waals surface area contributed by atoms with Gasteiger partial charge in [-0.2, -0.15) is 0 Å². The van der Waals surface area contributed by atoms with E-state index in [9.17, 15) is 9.59 Å². The summed E-state index contributed by atoms with van der Waals surface area (Å²) in [6.07, 6.45) is 1.91. The summed E-state index contributed by atoms with van der Waals surface area (Å²) in [5.74, 6) is -1.25. The first-order valence-electron chi connectivity index (χ1n) is 12.3. The molecule has 1 N–H and O–H groups in total. The van der Waals surface area contributed by atoms with E-state index >= 15 is 4.39 Å². The predicted octanol–water partition coefficient (Wildman–Crippen LogP) is 5.54. The summed E-state index contributed by atoms with van der Waals surface area (Å²) in [6, 6.07) is 14.1. The maximum atomic E-state index is 15.5. The van der Waals surface area contributed by atoms with Crippen molar-refractivity contribution in [1.82, 2.24) is 9.47 Å². The van der Waals surface area contributed by atoms with Crippen LogP contribution in [0.4, 0.5) is 4.39 Å². The Morgan fingerprint density at radius 1 is 1.11 bits per heavy atom. The number of carbonyl (C=O) groups is 2. The molecule has 1 amide bonds. The lowest BCUT2D eigenvalue weighted by Gasteiger charge is -2.32. The molecule has 9 heteroatoms. The Labute approximate surface area is 219 Å². The van der Waals surface area contributed by atoms with E-state index in [1.165, 1.54) is 7.11 Å². The number of amides is 1. The zero-order chi connectivity index (χ0) is 26.1. The molecule has 1 fully saturated rings. The van der Waals surface area contributed by atoms with E-state index in [0.29, 0.717) is 42.1 Å². The lowest BCUT2D eigenvalue weighted by molar-refractivity contribution is -0.139. The summed E-state index contributed by atoms with van der Waals surface area (Å²) in [6.45, 7) is 1.02. The van der Waals surface area contributed by atoms with Crippen molar-refractivity contribution >= 4 is 23.5 Å². The highest BCUT2D eigenvalue weighted by Gasteiger charge is 2.35. The van der Waals surface area contributed by atoms with Crippen molar-refractivity contribution in [3.05, 3.63) is 82.4 Å². The number of piperidine rings is 1. The fraction of sp³-hybridized carbons (Fsp3) is 0.357. The number of carbonyl (C=O) groups excluding carboxylic acids is 1. The van der Waals surface area contributed by atoms with Crippen LogP contribution in [0, 0.1) is 11.7 Å². The molecule has 194 valence electrons. The van der Waals surface area contributed by atoms with Crippen LogP contribution in [0.1, 0.15) is 54.7 Å². The highest BCUT2D eigenvalue weighted by atomic mass is 35.5. The van der Waals surface area contributed by atoms with E-state index in [2.05, 4.69) is 0 Å². The number of fused-ring (bicyclic) bond motifs is 3. The van der Waals surface area contributed by atoms with E-state index < -0.39 is 24.0 Å². The zero-order valence-corrected chi connectivity index (χ0v) is 21.2. The Bertz CT molecular complexity index is 1320. The van der Waals surface area contributed by atoms with Crippen LogP contribution in [-0.2, 0) is 14.3 Å². The number of benzene rings is 2. The van der Waals surface area contributed by atoms with Crippen LogP contribution in [0.25, 0.3) is 5.69 Å². The van der Waals surface area contributed by atoms with Crippen LogP contribution in [0.2, 0.25) is 5.02 Å². The van der Waals surface area contributed by atoms with Crippen molar-refractivity contribution in [2.24, 2.45) is 5.92 Å². The van der Waals surface area contributed by atoms with Crippen molar-refractivity contribution in [2.45, 2.75) is 37.9 Å². The number of hydrogen-bond donors (Lipinski definition) is 1. The van der Waals surface area contributed by atoms with Gasteiger partial charge in [-0.3, -0.25) is 9.59 Å². The highest BCUT2D eigenvalue weighted by molar-refractivity contribution is 6.30. The summed E-state index contributed by atoms with van der Waals surface area (Å²) in [5, 5.41) is 9.57. The maximum Gasteiger partial charge on any atom is 0.303 e. The van der Waals surface area contributed by atoms with Crippen LogP contribution >= 0.6 is 11.6 Å². The molecule has 2 atom stereocenters. The SMILES string of the molecule is COc1cccc([C@@H]2O[C@@H](CC(=O)N3CCC(CC(=O)O)CC3)c3cccn3-c3ccc(Cl)cc32)c1F. The number of methoxy groups -OCH3 is 1. The Morgan fingerprint density at radius 3 is 2.62 bits per heavy atom. The van der Waals surface area contributed by atoms with Gasteiger partial charge < -0.3 is 24.0 Å². The van der Waals surface area contributed by atoms with Crippen LogP contribution in [0.3, 0.4) is 0 Å². The number of carboxylic acid groups (broad SMARTS) is 1. The number of nitrogens with zero attached hydrogens (tertiary/aromatic N) is 2. The number of hydrogen-bond acceptors (Lipinski definition) is 4. The van der Waals surface area contributed by atoms with Gasteiger partial charge in [0.2, 0.25) is 5.91 Å². The van der Waals surface area contributed by atoms with Crippen LogP contribution < -0.4 is 4.74 Å². The quantitative estimate of drug-likeness (QED) is 0.456. The maximum absolute atomic E-state index is 15.5. The van der Waals surface area contributed by atoms with Crippen LogP contribution in [0.5, 0.6) is 5.75 Å². The Kier molecular flexibility index (Phi) is 7.22. The molecule has 37 heavy (non-hydrogen) atoms. The van der Waals surface area contributed by atoms with Crippen molar-refractivity contribution in [3.63, 3.8) is 0 Å². The molecule has 1 aromatic heterocycles.